The molecule has 28 heavy (non-hydrogen) atoms. The highest BCUT2D eigenvalue weighted by Gasteiger charge is 2.37. The largest absolute Gasteiger partial charge is 0.368 e. The minimum Gasteiger partial charge on any atom is -0.368 e. The molecule has 144 valence electrons. The first-order valence-electron chi connectivity index (χ1n) is 9.19. The molecule has 2 aromatic heterocycles. The molecule has 0 aliphatic carbocycles. The Labute approximate surface area is 173 Å². The molecule has 5 nitrogen and oxygen atoms in total. The van der Waals surface area contributed by atoms with Gasteiger partial charge in [0.2, 0.25) is 5.91 Å². The van der Waals surface area contributed by atoms with Gasteiger partial charge < -0.3 is 5.73 Å². The van der Waals surface area contributed by atoms with Gasteiger partial charge in [-0.05, 0) is 72.4 Å². The zero-order chi connectivity index (χ0) is 19.8. The molecule has 1 atom stereocenters. The number of carbonyl (C=O) groups excluding carboxylic acids is 1. The van der Waals surface area contributed by atoms with Crippen LogP contribution in [0.15, 0.2) is 77.8 Å². The van der Waals surface area contributed by atoms with Crippen molar-refractivity contribution in [2.45, 2.75) is 24.8 Å². The first-order chi connectivity index (χ1) is 13.6. The van der Waals surface area contributed by atoms with E-state index in [1.165, 1.54) is 0 Å². The average Bonchev–Trinajstić information content (AvgIpc) is 2.72. The topological polar surface area (TPSA) is 80.9 Å². The fraction of sp³-hybridized carbons (Fsp3) is 0.227. The number of aryl methyl sites for hydroxylation is 1. The molecule has 0 aliphatic heterocycles. The zero-order valence-electron chi connectivity index (χ0n) is 15.5. The predicted octanol–water partition coefficient (Wildman–Crippen LogP) is 3.38. The lowest BCUT2D eigenvalue weighted by atomic mass is 9.83. The van der Waals surface area contributed by atoms with Crippen LogP contribution in [0.1, 0.15) is 23.1 Å². The molecular weight excluding hydrogens is 416 g/mol. The Kier molecular flexibility index (Phi) is 6.90. The summed E-state index contributed by atoms with van der Waals surface area (Å²) in [4.78, 5) is 20.8. The molecule has 3 rings (SSSR count). The summed E-state index contributed by atoms with van der Waals surface area (Å²) in [7, 11) is 0. The highest BCUT2D eigenvalue weighted by atomic mass is 79.9. The van der Waals surface area contributed by atoms with Gasteiger partial charge in [-0.3, -0.25) is 20.1 Å². The summed E-state index contributed by atoms with van der Waals surface area (Å²) < 4.78 is 0.912. The molecule has 0 radical (unpaired) electrons. The molecule has 3 N–H and O–H groups in total. The third kappa shape index (κ3) is 5.03. The van der Waals surface area contributed by atoms with E-state index >= 15 is 0 Å². The number of hydrogen-bond acceptors (Lipinski definition) is 4. The van der Waals surface area contributed by atoms with Crippen LogP contribution in [0.25, 0.3) is 0 Å². The molecule has 0 fully saturated rings. The minimum atomic E-state index is -0.958. The van der Waals surface area contributed by atoms with E-state index in [4.69, 9.17) is 5.73 Å². The maximum Gasteiger partial charge on any atom is 0.242 e. The number of amides is 1. The van der Waals surface area contributed by atoms with Crippen molar-refractivity contribution in [3.63, 3.8) is 0 Å². The normalized spacial score (nSPS) is 13.0. The van der Waals surface area contributed by atoms with Crippen molar-refractivity contribution in [3.8, 4) is 0 Å². The second-order valence-electron chi connectivity index (χ2n) is 6.67. The van der Waals surface area contributed by atoms with Crippen molar-refractivity contribution in [2.24, 2.45) is 5.73 Å². The quantitative estimate of drug-likeness (QED) is 0.536. The van der Waals surface area contributed by atoms with Crippen molar-refractivity contribution in [1.29, 1.82) is 0 Å². The van der Waals surface area contributed by atoms with Crippen LogP contribution in [0.5, 0.6) is 0 Å². The van der Waals surface area contributed by atoms with Gasteiger partial charge in [0.25, 0.3) is 0 Å². The van der Waals surface area contributed by atoms with Crippen LogP contribution in [-0.2, 0) is 23.2 Å². The van der Waals surface area contributed by atoms with Crippen molar-refractivity contribution >= 4 is 21.8 Å². The lowest BCUT2D eigenvalue weighted by Gasteiger charge is -2.33. The van der Waals surface area contributed by atoms with Crippen LogP contribution in [0.4, 0.5) is 0 Å². The highest BCUT2D eigenvalue weighted by molar-refractivity contribution is 9.10. The van der Waals surface area contributed by atoms with Crippen LogP contribution >= 0.6 is 15.9 Å². The molecule has 3 aromatic rings. The summed E-state index contributed by atoms with van der Waals surface area (Å²) >= 11 is 3.51. The number of aromatic nitrogens is 2. The number of halogens is 1. The zero-order valence-corrected chi connectivity index (χ0v) is 17.1. The maximum absolute atomic E-state index is 12.7. The van der Waals surface area contributed by atoms with Gasteiger partial charge in [0.1, 0.15) is 5.54 Å². The Morgan fingerprint density at radius 3 is 2.14 bits per heavy atom. The van der Waals surface area contributed by atoms with Gasteiger partial charge in [-0.15, -0.1) is 0 Å². The van der Waals surface area contributed by atoms with Crippen molar-refractivity contribution in [2.75, 3.05) is 6.54 Å². The number of primary amides is 1. The molecule has 0 bridgehead atoms. The van der Waals surface area contributed by atoms with Gasteiger partial charge >= 0.3 is 0 Å². The fourth-order valence-electron chi connectivity index (χ4n) is 3.29. The van der Waals surface area contributed by atoms with E-state index in [-0.39, 0.29) is 5.91 Å². The van der Waals surface area contributed by atoms with E-state index in [9.17, 15) is 4.79 Å². The van der Waals surface area contributed by atoms with Crippen molar-refractivity contribution in [3.05, 3.63) is 94.5 Å². The van der Waals surface area contributed by atoms with Gasteiger partial charge in [0, 0.05) is 35.8 Å². The molecule has 2 heterocycles. The van der Waals surface area contributed by atoms with E-state index in [1.54, 1.807) is 24.8 Å². The molecule has 1 aromatic carbocycles. The number of benzene rings is 1. The molecule has 0 aliphatic rings. The molecule has 1 unspecified atom stereocenters. The smallest absolute Gasteiger partial charge is 0.242 e. The summed E-state index contributed by atoms with van der Waals surface area (Å²) in [6.45, 7) is 0.621. The third-order valence-electron chi connectivity index (χ3n) is 4.87. The second-order valence-corrected chi connectivity index (χ2v) is 7.58. The van der Waals surface area contributed by atoms with Gasteiger partial charge in [-0.25, -0.2) is 0 Å². The first kappa shape index (κ1) is 20.2. The Hall–Kier alpha value is -2.57. The molecule has 0 saturated carbocycles. The number of nitrogens with one attached hydrogen (secondary N) is 1. The first-order valence-corrected chi connectivity index (χ1v) is 9.98. The predicted molar refractivity (Wildman–Crippen MR) is 114 cm³/mol. The van der Waals surface area contributed by atoms with Gasteiger partial charge in [0.05, 0.1) is 0 Å². The van der Waals surface area contributed by atoms with E-state index in [0.717, 1.165) is 27.6 Å². The Balaban J connectivity index is 1.85. The van der Waals surface area contributed by atoms with Crippen LogP contribution in [-0.4, -0.2) is 22.4 Å². The molecule has 6 heteroatoms. The third-order valence-corrected chi connectivity index (χ3v) is 5.36. The lowest BCUT2D eigenvalue weighted by Crippen LogP contribution is -2.53. The van der Waals surface area contributed by atoms with Crippen molar-refractivity contribution in [1.82, 2.24) is 15.3 Å². The maximum atomic E-state index is 12.7. The average molecular weight is 439 g/mol. The number of rotatable bonds is 9. The van der Waals surface area contributed by atoms with E-state index in [0.29, 0.717) is 19.4 Å². The number of nitrogens with two attached hydrogens (primary N) is 1. The van der Waals surface area contributed by atoms with E-state index in [2.05, 4.69) is 31.2 Å². The SMILES string of the molecule is NC(=O)C(CCc1ccncc1)(NCCc1ccncc1)c1cccc(Br)c1. The molecule has 1 amide bonds. The lowest BCUT2D eigenvalue weighted by molar-refractivity contribution is -0.125. The van der Waals surface area contributed by atoms with Crippen LogP contribution in [0, 0.1) is 0 Å². The molecule has 0 saturated heterocycles. The summed E-state index contributed by atoms with van der Waals surface area (Å²) in [5.74, 6) is -0.380. The summed E-state index contributed by atoms with van der Waals surface area (Å²) in [5, 5.41) is 3.46. The fourth-order valence-corrected chi connectivity index (χ4v) is 3.69. The van der Waals surface area contributed by atoms with E-state index < -0.39 is 5.54 Å². The highest BCUT2D eigenvalue weighted by Crippen LogP contribution is 2.29. The van der Waals surface area contributed by atoms with Crippen LogP contribution in [0.2, 0.25) is 0 Å². The van der Waals surface area contributed by atoms with Gasteiger partial charge in [0.15, 0.2) is 0 Å². The Bertz CT molecular complexity index is 905. The van der Waals surface area contributed by atoms with Gasteiger partial charge in [-0.1, -0.05) is 28.1 Å². The van der Waals surface area contributed by atoms with E-state index in [1.807, 2.05) is 48.5 Å². The summed E-state index contributed by atoms with van der Waals surface area (Å²) in [6.07, 6.45) is 9.11. The number of hydrogen-bond donors (Lipinski definition) is 2. The van der Waals surface area contributed by atoms with Crippen LogP contribution < -0.4 is 11.1 Å². The standard InChI is InChI=1S/C22H23BrN4O/c23-20-3-1-2-19(16-20)22(21(24)28,10-4-17-5-11-25-12-6-17)27-15-9-18-7-13-26-14-8-18/h1-3,5-8,11-14,16,27H,4,9-10,15H2,(H2,24,28). The molecular formula is C22H23BrN4O. The minimum absolute atomic E-state index is 0.380. The number of carbonyl (C=O) groups is 1. The van der Waals surface area contributed by atoms with Crippen molar-refractivity contribution < 1.29 is 4.79 Å². The summed E-state index contributed by atoms with van der Waals surface area (Å²) in [6, 6.07) is 15.6. The number of pyridine rings is 2. The van der Waals surface area contributed by atoms with Gasteiger partial charge in [-0.2, -0.15) is 0 Å². The second kappa shape index (κ2) is 9.57. The van der Waals surface area contributed by atoms with Crippen LogP contribution in [0.3, 0.4) is 0 Å². The monoisotopic (exact) mass is 438 g/mol. The molecule has 0 spiro atoms. The Morgan fingerprint density at radius 1 is 0.964 bits per heavy atom. The Morgan fingerprint density at radius 2 is 1.57 bits per heavy atom. The summed E-state index contributed by atoms with van der Waals surface area (Å²) in [5.41, 5.74) is 8.13. The number of nitrogens with zero attached hydrogens (tertiary/aromatic N) is 2.